The van der Waals surface area contributed by atoms with Crippen molar-refractivity contribution < 1.29 is 32.9 Å². The van der Waals surface area contributed by atoms with E-state index < -0.39 is 23.3 Å². The molecular weight excluding hydrogens is 351 g/mol. The Bertz CT molecular complexity index is 803. The van der Waals surface area contributed by atoms with E-state index in [1.165, 1.54) is 31.3 Å². The first kappa shape index (κ1) is 19.5. The summed E-state index contributed by atoms with van der Waals surface area (Å²) in [6.45, 7) is 1.03. The van der Waals surface area contributed by atoms with Crippen molar-refractivity contribution >= 4 is 17.9 Å². The molecular formula is C18H16F3NO4. The standard InChI is InChI=1S/C18H16F3NO4/c1-2-26-16(24)17(25,18(19,20)21)13-7-9-14(10-8-13)22-11-12-5-3-4-6-15(12)23/h3-11,23,25H,2H2,1H3/t17-/m0/s1. The molecule has 8 heteroatoms. The van der Waals surface area contributed by atoms with E-state index in [1.807, 2.05) is 0 Å². The summed E-state index contributed by atoms with van der Waals surface area (Å²) >= 11 is 0. The van der Waals surface area contributed by atoms with Gasteiger partial charge in [-0.2, -0.15) is 13.2 Å². The molecule has 2 N–H and O–H groups in total. The quantitative estimate of drug-likeness (QED) is 0.627. The summed E-state index contributed by atoms with van der Waals surface area (Å²) in [6, 6.07) is 10.7. The van der Waals surface area contributed by atoms with Crippen molar-refractivity contribution in [1.29, 1.82) is 0 Å². The molecule has 0 unspecified atom stereocenters. The van der Waals surface area contributed by atoms with Crippen LogP contribution >= 0.6 is 0 Å². The van der Waals surface area contributed by atoms with Gasteiger partial charge in [-0.05, 0) is 31.2 Å². The van der Waals surface area contributed by atoms with Crippen molar-refractivity contribution in [3.05, 3.63) is 59.7 Å². The SMILES string of the molecule is CCOC(=O)[C@@](O)(c1ccc(N=Cc2ccccc2O)cc1)C(F)(F)F. The third-order valence-electron chi connectivity index (χ3n) is 3.56. The number of hydrogen-bond acceptors (Lipinski definition) is 5. The van der Waals surface area contributed by atoms with Gasteiger partial charge in [-0.15, -0.1) is 0 Å². The number of carbonyl (C=O) groups is 1. The number of aromatic hydroxyl groups is 1. The van der Waals surface area contributed by atoms with E-state index in [9.17, 15) is 28.2 Å². The van der Waals surface area contributed by atoms with Gasteiger partial charge in [0, 0.05) is 17.3 Å². The van der Waals surface area contributed by atoms with Gasteiger partial charge >= 0.3 is 12.1 Å². The number of carbonyl (C=O) groups excluding carboxylic acids is 1. The van der Waals surface area contributed by atoms with Crippen LogP contribution in [0.15, 0.2) is 53.5 Å². The second-order valence-electron chi connectivity index (χ2n) is 5.29. The Balaban J connectivity index is 2.32. The minimum atomic E-state index is -5.25. The number of aliphatic imine (C=N–C) groups is 1. The second kappa shape index (κ2) is 7.57. The van der Waals surface area contributed by atoms with E-state index in [0.29, 0.717) is 5.56 Å². The number of phenolic OH excluding ortho intramolecular Hbond substituents is 1. The van der Waals surface area contributed by atoms with Crippen molar-refractivity contribution in [2.45, 2.75) is 18.7 Å². The van der Waals surface area contributed by atoms with Crippen LogP contribution in [0.5, 0.6) is 5.75 Å². The lowest BCUT2D eigenvalue weighted by molar-refractivity contribution is -0.267. The van der Waals surface area contributed by atoms with Crippen molar-refractivity contribution in [3.8, 4) is 5.75 Å². The van der Waals surface area contributed by atoms with Crippen LogP contribution in [0, 0.1) is 0 Å². The van der Waals surface area contributed by atoms with Crippen LogP contribution in [0.25, 0.3) is 0 Å². The predicted octanol–water partition coefficient (Wildman–Crippen LogP) is 3.46. The minimum absolute atomic E-state index is 0.00151. The second-order valence-corrected chi connectivity index (χ2v) is 5.29. The van der Waals surface area contributed by atoms with Crippen molar-refractivity contribution in [2.24, 2.45) is 4.99 Å². The van der Waals surface area contributed by atoms with Gasteiger partial charge < -0.3 is 14.9 Å². The normalized spacial score (nSPS) is 14.2. The zero-order chi connectivity index (χ0) is 19.4. The fourth-order valence-electron chi connectivity index (χ4n) is 2.16. The monoisotopic (exact) mass is 367 g/mol. The lowest BCUT2D eigenvalue weighted by Gasteiger charge is -2.28. The lowest BCUT2D eigenvalue weighted by atomic mass is 9.93. The average Bonchev–Trinajstić information content (AvgIpc) is 2.60. The molecule has 0 spiro atoms. The van der Waals surface area contributed by atoms with Gasteiger partial charge in [0.2, 0.25) is 0 Å². The first-order chi connectivity index (χ1) is 12.2. The van der Waals surface area contributed by atoms with E-state index >= 15 is 0 Å². The topological polar surface area (TPSA) is 79.1 Å². The summed E-state index contributed by atoms with van der Waals surface area (Å²) < 4.78 is 44.2. The smallest absolute Gasteiger partial charge is 0.432 e. The maximum absolute atomic E-state index is 13.3. The molecule has 0 aliphatic rings. The summed E-state index contributed by atoms with van der Waals surface area (Å²) in [5, 5.41) is 19.6. The Hall–Kier alpha value is -2.87. The van der Waals surface area contributed by atoms with Crippen LogP contribution in [-0.4, -0.2) is 35.2 Å². The number of nitrogens with zero attached hydrogens (tertiary/aromatic N) is 1. The van der Waals surface area contributed by atoms with E-state index in [4.69, 9.17) is 0 Å². The highest BCUT2D eigenvalue weighted by atomic mass is 19.4. The fraction of sp³-hybridized carbons (Fsp3) is 0.222. The molecule has 1 atom stereocenters. The van der Waals surface area contributed by atoms with E-state index in [-0.39, 0.29) is 18.0 Å². The van der Waals surface area contributed by atoms with Crippen LogP contribution in [0.4, 0.5) is 18.9 Å². The molecule has 0 saturated carbocycles. The Kier molecular flexibility index (Phi) is 5.66. The number of para-hydroxylation sites is 1. The molecule has 0 aliphatic heterocycles. The van der Waals surface area contributed by atoms with Crippen LogP contribution in [0.2, 0.25) is 0 Å². The zero-order valence-corrected chi connectivity index (χ0v) is 13.7. The summed E-state index contributed by atoms with van der Waals surface area (Å²) in [7, 11) is 0. The van der Waals surface area contributed by atoms with Gasteiger partial charge in [-0.3, -0.25) is 4.99 Å². The molecule has 0 amide bonds. The highest BCUT2D eigenvalue weighted by molar-refractivity contribution is 5.85. The van der Waals surface area contributed by atoms with E-state index in [2.05, 4.69) is 9.73 Å². The molecule has 0 heterocycles. The first-order valence-electron chi connectivity index (χ1n) is 7.59. The number of rotatable bonds is 5. The van der Waals surface area contributed by atoms with Gasteiger partial charge in [0.15, 0.2) is 0 Å². The first-order valence-corrected chi connectivity index (χ1v) is 7.59. The van der Waals surface area contributed by atoms with Crippen LogP contribution < -0.4 is 0 Å². The maximum Gasteiger partial charge on any atom is 0.432 e. The van der Waals surface area contributed by atoms with Crippen LogP contribution in [0.1, 0.15) is 18.1 Å². The lowest BCUT2D eigenvalue weighted by Crippen LogP contribution is -2.50. The molecule has 0 aromatic heterocycles. The summed E-state index contributed by atoms with van der Waals surface area (Å²) in [5.41, 5.74) is -3.74. The number of aliphatic hydroxyl groups is 1. The van der Waals surface area contributed by atoms with E-state index in [1.54, 1.807) is 18.2 Å². The number of alkyl halides is 3. The number of esters is 1. The molecule has 2 aromatic carbocycles. The average molecular weight is 367 g/mol. The maximum atomic E-state index is 13.3. The van der Waals surface area contributed by atoms with E-state index in [0.717, 1.165) is 12.1 Å². The summed E-state index contributed by atoms with van der Waals surface area (Å²) in [6.07, 6.45) is -3.91. The molecule has 0 bridgehead atoms. The fourth-order valence-corrected chi connectivity index (χ4v) is 2.16. The number of ether oxygens (including phenoxy) is 1. The Labute approximate surface area is 147 Å². The Morgan fingerprint density at radius 3 is 2.31 bits per heavy atom. The van der Waals surface area contributed by atoms with Gasteiger partial charge in [0.25, 0.3) is 5.60 Å². The van der Waals surface area contributed by atoms with Gasteiger partial charge in [-0.1, -0.05) is 24.3 Å². The summed E-state index contributed by atoms with van der Waals surface area (Å²) in [5.74, 6) is -1.79. The van der Waals surface area contributed by atoms with Gasteiger partial charge in [0.1, 0.15) is 5.75 Å². The molecule has 0 aliphatic carbocycles. The third kappa shape index (κ3) is 3.85. The van der Waals surface area contributed by atoms with Crippen molar-refractivity contribution in [3.63, 3.8) is 0 Å². The van der Waals surface area contributed by atoms with Gasteiger partial charge in [-0.25, -0.2) is 4.79 Å². The molecule has 138 valence electrons. The molecule has 0 saturated heterocycles. The number of phenols is 1. The van der Waals surface area contributed by atoms with Crippen LogP contribution in [-0.2, 0) is 15.1 Å². The number of benzene rings is 2. The zero-order valence-electron chi connectivity index (χ0n) is 13.7. The minimum Gasteiger partial charge on any atom is -0.507 e. The van der Waals surface area contributed by atoms with Crippen molar-refractivity contribution in [1.82, 2.24) is 0 Å². The third-order valence-corrected chi connectivity index (χ3v) is 3.56. The Morgan fingerprint density at radius 1 is 1.15 bits per heavy atom. The molecule has 0 fully saturated rings. The predicted molar refractivity (Wildman–Crippen MR) is 88.4 cm³/mol. The molecule has 5 nitrogen and oxygen atoms in total. The Morgan fingerprint density at radius 2 is 1.77 bits per heavy atom. The van der Waals surface area contributed by atoms with Crippen molar-refractivity contribution in [2.75, 3.05) is 6.61 Å². The van der Waals surface area contributed by atoms with Gasteiger partial charge in [0.05, 0.1) is 12.3 Å². The van der Waals surface area contributed by atoms with Crippen LogP contribution in [0.3, 0.4) is 0 Å². The molecule has 26 heavy (non-hydrogen) atoms. The number of hydrogen-bond donors (Lipinski definition) is 2. The molecule has 2 aromatic rings. The summed E-state index contributed by atoms with van der Waals surface area (Å²) in [4.78, 5) is 15.7. The highest BCUT2D eigenvalue weighted by Crippen LogP contribution is 2.40. The number of halogens is 3. The molecule has 0 radical (unpaired) electrons. The molecule has 2 rings (SSSR count). The largest absolute Gasteiger partial charge is 0.507 e. The highest BCUT2D eigenvalue weighted by Gasteiger charge is 2.62.